The lowest BCUT2D eigenvalue weighted by Gasteiger charge is -2.08. The monoisotopic (exact) mass is 353 g/mol. The smallest absolute Gasteiger partial charge is 0.335 e. The second-order valence-electron chi connectivity index (χ2n) is 3.96. The minimum absolute atomic E-state index is 0.0205. The van der Waals surface area contributed by atoms with Gasteiger partial charge in [-0.3, -0.25) is 14.6 Å². The molecule has 8 nitrogen and oxygen atoms in total. The minimum Gasteiger partial charge on any atom is -0.478 e. The molecular formula is C12H8BrN3O5. The zero-order valence-electron chi connectivity index (χ0n) is 10.3. The van der Waals surface area contributed by atoms with Crippen LogP contribution in [0.2, 0.25) is 0 Å². The summed E-state index contributed by atoms with van der Waals surface area (Å²) in [5, 5.41) is 11.3. The number of aromatic amines is 2. The molecule has 0 aliphatic rings. The molecule has 0 saturated heterocycles. The fourth-order valence-electron chi connectivity index (χ4n) is 1.53. The largest absolute Gasteiger partial charge is 0.478 e. The van der Waals surface area contributed by atoms with Gasteiger partial charge in [-0.2, -0.15) is 0 Å². The van der Waals surface area contributed by atoms with E-state index in [1.54, 1.807) is 0 Å². The zero-order valence-corrected chi connectivity index (χ0v) is 11.9. The summed E-state index contributed by atoms with van der Waals surface area (Å²) in [7, 11) is 0. The molecule has 21 heavy (non-hydrogen) atoms. The third kappa shape index (κ3) is 3.45. The van der Waals surface area contributed by atoms with Crippen molar-refractivity contribution in [2.45, 2.75) is 0 Å². The number of amides is 1. The van der Waals surface area contributed by atoms with Crippen LogP contribution in [0.4, 0.5) is 5.69 Å². The molecule has 1 aromatic heterocycles. The Morgan fingerprint density at radius 3 is 2.48 bits per heavy atom. The molecule has 0 unspecified atom stereocenters. The van der Waals surface area contributed by atoms with Crippen LogP contribution < -0.4 is 16.6 Å². The van der Waals surface area contributed by atoms with Crippen molar-refractivity contribution in [2.75, 3.05) is 5.32 Å². The molecule has 2 aromatic rings. The van der Waals surface area contributed by atoms with Crippen LogP contribution in [0, 0.1) is 0 Å². The van der Waals surface area contributed by atoms with Crippen LogP contribution in [0.25, 0.3) is 0 Å². The number of rotatable bonds is 3. The van der Waals surface area contributed by atoms with E-state index in [2.05, 4.69) is 26.2 Å². The molecule has 2 rings (SSSR count). The number of halogens is 1. The fraction of sp³-hybridized carbons (Fsp3) is 0. The molecule has 9 heteroatoms. The van der Waals surface area contributed by atoms with Gasteiger partial charge in [0.25, 0.3) is 11.5 Å². The first-order valence-corrected chi connectivity index (χ1v) is 6.34. The maximum absolute atomic E-state index is 11.9. The molecule has 0 spiro atoms. The molecule has 1 aromatic carbocycles. The number of carboxylic acids is 1. The number of carbonyl (C=O) groups is 2. The first-order chi connectivity index (χ1) is 9.86. The van der Waals surface area contributed by atoms with Gasteiger partial charge in [-0.15, -0.1) is 0 Å². The summed E-state index contributed by atoms with van der Waals surface area (Å²) >= 11 is 3.16. The average molecular weight is 354 g/mol. The van der Waals surface area contributed by atoms with Gasteiger partial charge < -0.3 is 15.4 Å². The number of anilines is 1. The van der Waals surface area contributed by atoms with Gasteiger partial charge in [-0.05, 0) is 34.1 Å². The quantitative estimate of drug-likeness (QED) is 0.647. The highest BCUT2D eigenvalue weighted by molar-refractivity contribution is 9.10. The van der Waals surface area contributed by atoms with Gasteiger partial charge >= 0.3 is 11.7 Å². The van der Waals surface area contributed by atoms with Crippen LogP contribution in [0.15, 0.2) is 38.3 Å². The second-order valence-corrected chi connectivity index (χ2v) is 4.81. The van der Waals surface area contributed by atoms with Gasteiger partial charge in [0.05, 0.1) is 11.3 Å². The summed E-state index contributed by atoms with van der Waals surface area (Å²) in [6, 6.07) is 4.98. The molecule has 0 bridgehead atoms. The highest BCUT2D eigenvalue weighted by Crippen LogP contribution is 2.24. The lowest BCUT2D eigenvalue weighted by atomic mass is 10.2. The summed E-state index contributed by atoms with van der Waals surface area (Å²) in [6.07, 6.45) is 0. The van der Waals surface area contributed by atoms with E-state index >= 15 is 0 Å². The number of hydrogen-bond acceptors (Lipinski definition) is 4. The summed E-state index contributed by atoms with van der Waals surface area (Å²) in [4.78, 5) is 49.2. The molecule has 4 N–H and O–H groups in total. The van der Waals surface area contributed by atoms with Crippen molar-refractivity contribution in [1.82, 2.24) is 9.97 Å². The second kappa shape index (κ2) is 5.75. The molecule has 0 atom stereocenters. The Balaban J connectivity index is 2.35. The maximum Gasteiger partial charge on any atom is 0.335 e. The number of aromatic carboxylic acids is 1. The molecule has 0 aliphatic heterocycles. The van der Waals surface area contributed by atoms with Crippen LogP contribution in [-0.4, -0.2) is 27.0 Å². The molecular weight excluding hydrogens is 346 g/mol. The Morgan fingerprint density at radius 1 is 1.14 bits per heavy atom. The minimum atomic E-state index is -1.15. The molecule has 1 amide bonds. The standard InChI is InChI=1S/C12H8BrN3O5/c13-6-2-1-5(11(19)20)3-7(6)14-10(18)8-4-9(17)16-12(21)15-8/h1-4H,(H,14,18)(H,19,20)(H2,15,16,17,21). The summed E-state index contributed by atoms with van der Waals surface area (Å²) < 4.78 is 0.452. The lowest BCUT2D eigenvalue weighted by molar-refractivity contribution is 0.0696. The van der Waals surface area contributed by atoms with Crippen molar-refractivity contribution in [3.8, 4) is 0 Å². The number of nitrogens with one attached hydrogen (secondary N) is 3. The van der Waals surface area contributed by atoms with Crippen molar-refractivity contribution in [3.63, 3.8) is 0 Å². The summed E-state index contributed by atoms with van der Waals surface area (Å²) in [6.45, 7) is 0. The third-order valence-electron chi connectivity index (χ3n) is 2.47. The lowest BCUT2D eigenvalue weighted by Crippen LogP contribution is -2.27. The number of hydrogen-bond donors (Lipinski definition) is 4. The van der Waals surface area contributed by atoms with Crippen LogP contribution in [0.3, 0.4) is 0 Å². The highest BCUT2D eigenvalue weighted by Gasteiger charge is 2.12. The van der Waals surface area contributed by atoms with Crippen LogP contribution in [0.1, 0.15) is 20.8 Å². The van der Waals surface area contributed by atoms with Crippen molar-refractivity contribution < 1.29 is 14.7 Å². The topological polar surface area (TPSA) is 132 Å². The Hall–Kier alpha value is -2.68. The Bertz CT molecular complexity index is 811. The predicted octanol–water partition coefficient (Wildman–Crippen LogP) is 0.776. The van der Waals surface area contributed by atoms with Crippen LogP contribution in [-0.2, 0) is 0 Å². The molecule has 0 fully saturated rings. The third-order valence-corrected chi connectivity index (χ3v) is 3.16. The van der Waals surface area contributed by atoms with Gasteiger partial charge in [-0.25, -0.2) is 9.59 Å². The SMILES string of the molecule is O=C(O)c1ccc(Br)c(NC(=O)c2cc(=O)[nH]c(=O)[nH]2)c1. The van der Waals surface area contributed by atoms with E-state index in [4.69, 9.17) is 5.11 Å². The molecule has 0 saturated carbocycles. The Kier molecular flexibility index (Phi) is 4.03. The normalized spacial score (nSPS) is 10.1. The summed E-state index contributed by atoms with van der Waals surface area (Å²) in [5.41, 5.74) is -1.60. The van der Waals surface area contributed by atoms with E-state index in [0.717, 1.165) is 6.07 Å². The molecule has 0 radical (unpaired) electrons. The average Bonchev–Trinajstić information content (AvgIpc) is 2.39. The predicted molar refractivity (Wildman–Crippen MR) is 76.7 cm³/mol. The first kappa shape index (κ1) is 14.7. The number of aromatic nitrogens is 2. The number of benzene rings is 1. The van der Waals surface area contributed by atoms with E-state index in [0.29, 0.717) is 4.47 Å². The van der Waals surface area contributed by atoms with E-state index in [1.807, 2.05) is 4.98 Å². The highest BCUT2D eigenvalue weighted by atomic mass is 79.9. The van der Waals surface area contributed by atoms with E-state index in [-0.39, 0.29) is 16.9 Å². The number of carbonyl (C=O) groups excluding carboxylic acids is 1. The maximum atomic E-state index is 11.9. The van der Waals surface area contributed by atoms with Crippen LogP contribution in [0.5, 0.6) is 0 Å². The molecule has 1 heterocycles. The van der Waals surface area contributed by atoms with Gasteiger partial charge in [0.2, 0.25) is 0 Å². The van der Waals surface area contributed by atoms with Gasteiger partial charge in [0.15, 0.2) is 0 Å². The van der Waals surface area contributed by atoms with Crippen molar-refractivity contribution in [2.24, 2.45) is 0 Å². The first-order valence-electron chi connectivity index (χ1n) is 5.54. The molecule has 0 aliphatic carbocycles. The van der Waals surface area contributed by atoms with E-state index in [9.17, 15) is 19.2 Å². The zero-order chi connectivity index (χ0) is 15.6. The van der Waals surface area contributed by atoms with E-state index in [1.165, 1.54) is 18.2 Å². The Morgan fingerprint density at radius 2 is 1.86 bits per heavy atom. The molecule has 108 valence electrons. The Labute approximate surface area is 125 Å². The van der Waals surface area contributed by atoms with Crippen LogP contribution >= 0.6 is 15.9 Å². The fourth-order valence-corrected chi connectivity index (χ4v) is 1.88. The van der Waals surface area contributed by atoms with Gasteiger partial charge in [-0.1, -0.05) is 0 Å². The van der Waals surface area contributed by atoms with Crippen molar-refractivity contribution >= 4 is 33.5 Å². The summed E-state index contributed by atoms with van der Waals surface area (Å²) in [5.74, 6) is -1.90. The van der Waals surface area contributed by atoms with Gasteiger partial charge in [0, 0.05) is 10.5 Å². The van der Waals surface area contributed by atoms with Crippen molar-refractivity contribution in [1.29, 1.82) is 0 Å². The number of carboxylic acid groups (broad SMARTS) is 1. The van der Waals surface area contributed by atoms with Crippen molar-refractivity contribution in [3.05, 3.63) is 60.8 Å². The number of H-pyrrole nitrogens is 2. The van der Waals surface area contributed by atoms with E-state index < -0.39 is 23.1 Å². The van der Waals surface area contributed by atoms with Gasteiger partial charge in [0.1, 0.15) is 5.69 Å².